The third-order valence-electron chi connectivity index (χ3n) is 1.16. The van der Waals surface area contributed by atoms with E-state index in [0.717, 1.165) is 0 Å². The fourth-order valence-corrected chi connectivity index (χ4v) is 0.677. The van der Waals surface area contributed by atoms with Gasteiger partial charge in [-0.25, -0.2) is 4.79 Å². The highest BCUT2D eigenvalue weighted by molar-refractivity contribution is 5.75. The molecule has 1 saturated heterocycles. The van der Waals surface area contributed by atoms with Crippen LogP contribution in [0.1, 0.15) is 6.42 Å². The maximum atomic E-state index is 10.4. The minimum atomic E-state index is -1.11. The third-order valence-corrected chi connectivity index (χ3v) is 1.16. The molecule has 1 aliphatic heterocycles. The minimum Gasteiger partial charge on any atom is -0.460 e. The third kappa shape index (κ3) is 0.984. The summed E-state index contributed by atoms with van der Waals surface area (Å²) in [6.07, 6.45) is 0.214. The average molecular weight is 131 g/mol. The number of hydrogen-bond acceptors (Lipinski definition) is 4. The first-order chi connectivity index (χ1) is 4.22. The molecule has 0 bridgehead atoms. The summed E-state index contributed by atoms with van der Waals surface area (Å²) >= 11 is 0. The van der Waals surface area contributed by atoms with Crippen molar-refractivity contribution in [1.82, 2.24) is 0 Å². The van der Waals surface area contributed by atoms with Crippen LogP contribution in [0.2, 0.25) is 0 Å². The highest BCUT2D eigenvalue weighted by Crippen LogP contribution is 2.07. The fourth-order valence-electron chi connectivity index (χ4n) is 0.677. The second-order valence-corrected chi connectivity index (χ2v) is 1.76. The van der Waals surface area contributed by atoms with E-state index in [1.807, 2.05) is 0 Å². The minimum absolute atomic E-state index is 0.185. The number of nitrogens with zero attached hydrogens (tertiary/aromatic N) is 1. The van der Waals surface area contributed by atoms with Gasteiger partial charge in [0.25, 0.3) is 0 Å². The Morgan fingerprint density at radius 3 is 2.67 bits per heavy atom. The molecule has 0 aromatic carbocycles. The molecule has 1 unspecified atom stereocenters. The van der Waals surface area contributed by atoms with Gasteiger partial charge in [-0.2, -0.15) is 0 Å². The van der Waals surface area contributed by atoms with Crippen LogP contribution in [0.4, 0.5) is 0 Å². The van der Waals surface area contributed by atoms with Crippen LogP contribution in [0.15, 0.2) is 0 Å². The molecule has 1 aliphatic rings. The van der Waals surface area contributed by atoms with Gasteiger partial charge in [0.05, 0.1) is 13.0 Å². The SMILES string of the molecule is O=C1OCCC1[N+](=O)[O-]. The van der Waals surface area contributed by atoms with Gasteiger partial charge >= 0.3 is 12.0 Å². The molecule has 5 heteroatoms. The molecular formula is C4H5NO4. The highest BCUT2D eigenvalue weighted by Gasteiger charge is 2.36. The summed E-state index contributed by atoms with van der Waals surface area (Å²) in [6.45, 7) is 0.185. The number of carbonyl (C=O) groups excluding carboxylic acids is 1. The molecule has 5 nitrogen and oxygen atoms in total. The van der Waals surface area contributed by atoms with Crippen molar-refractivity contribution in [3.05, 3.63) is 10.1 Å². The van der Waals surface area contributed by atoms with Crippen molar-refractivity contribution in [2.24, 2.45) is 0 Å². The molecule has 1 atom stereocenters. The molecule has 0 spiro atoms. The van der Waals surface area contributed by atoms with E-state index in [9.17, 15) is 14.9 Å². The summed E-state index contributed by atoms with van der Waals surface area (Å²) in [6, 6.07) is -1.11. The Morgan fingerprint density at radius 1 is 1.78 bits per heavy atom. The van der Waals surface area contributed by atoms with Gasteiger partial charge < -0.3 is 4.74 Å². The first-order valence-electron chi connectivity index (χ1n) is 2.52. The van der Waals surface area contributed by atoms with Gasteiger partial charge in [0.2, 0.25) is 0 Å². The predicted molar refractivity (Wildman–Crippen MR) is 26.4 cm³/mol. The summed E-state index contributed by atoms with van der Waals surface area (Å²) in [5, 5.41) is 9.92. The molecule has 0 saturated carbocycles. The van der Waals surface area contributed by atoms with Crippen molar-refractivity contribution in [3.63, 3.8) is 0 Å². The van der Waals surface area contributed by atoms with E-state index in [4.69, 9.17) is 0 Å². The summed E-state index contributed by atoms with van der Waals surface area (Å²) in [5.41, 5.74) is 0. The second kappa shape index (κ2) is 2.00. The molecule has 1 rings (SSSR count). The van der Waals surface area contributed by atoms with Crippen LogP contribution < -0.4 is 0 Å². The molecule has 1 fully saturated rings. The molecule has 0 radical (unpaired) electrons. The lowest BCUT2D eigenvalue weighted by Gasteiger charge is -1.92. The van der Waals surface area contributed by atoms with Crippen molar-refractivity contribution >= 4 is 5.97 Å². The number of cyclic esters (lactones) is 1. The van der Waals surface area contributed by atoms with Crippen LogP contribution in [-0.2, 0) is 9.53 Å². The van der Waals surface area contributed by atoms with E-state index >= 15 is 0 Å². The lowest BCUT2D eigenvalue weighted by molar-refractivity contribution is -0.506. The van der Waals surface area contributed by atoms with Crippen molar-refractivity contribution in [1.29, 1.82) is 0 Å². The first kappa shape index (κ1) is 6.00. The summed E-state index contributed by atoms with van der Waals surface area (Å²) in [5.74, 6) is -0.708. The van der Waals surface area contributed by atoms with Crippen molar-refractivity contribution < 1.29 is 14.5 Å². The summed E-state index contributed by atoms with van der Waals surface area (Å²) in [4.78, 5) is 19.7. The average Bonchev–Trinajstić information content (AvgIpc) is 2.13. The Labute approximate surface area is 50.8 Å². The van der Waals surface area contributed by atoms with E-state index in [1.165, 1.54) is 0 Å². The number of nitro groups is 1. The monoisotopic (exact) mass is 131 g/mol. The molecule has 0 amide bonds. The lowest BCUT2D eigenvalue weighted by atomic mass is 10.3. The van der Waals surface area contributed by atoms with Gasteiger partial charge in [0.1, 0.15) is 0 Å². The number of ether oxygens (including phenoxy) is 1. The number of esters is 1. The highest BCUT2D eigenvalue weighted by atomic mass is 16.6. The van der Waals surface area contributed by atoms with Crippen molar-refractivity contribution in [3.8, 4) is 0 Å². The zero-order valence-corrected chi connectivity index (χ0v) is 4.57. The molecular weight excluding hydrogens is 126 g/mol. The first-order valence-corrected chi connectivity index (χ1v) is 2.52. The standard InChI is InChI=1S/C4H5NO4/c6-4-3(5(7)8)1-2-9-4/h3H,1-2H2. The zero-order chi connectivity index (χ0) is 6.85. The molecule has 0 N–H and O–H groups in total. The van der Waals surface area contributed by atoms with Gasteiger partial charge in [-0.15, -0.1) is 0 Å². The Hall–Kier alpha value is -1.13. The Kier molecular flexibility index (Phi) is 1.33. The van der Waals surface area contributed by atoms with Crippen LogP contribution in [0.25, 0.3) is 0 Å². The molecule has 50 valence electrons. The summed E-state index contributed by atoms with van der Waals surface area (Å²) in [7, 11) is 0. The summed E-state index contributed by atoms with van der Waals surface area (Å²) < 4.78 is 4.35. The maximum absolute atomic E-state index is 10.4. The molecule has 0 aliphatic carbocycles. The topological polar surface area (TPSA) is 69.4 Å². The van der Waals surface area contributed by atoms with Crippen molar-refractivity contribution in [2.45, 2.75) is 12.5 Å². The molecule has 1 heterocycles. The van der Waals surface area contributed by atoms with E-state index in [-0.39, 0.29) is 13.0 Å². The number of rotatable bonds is 1. The van der Waals surface area contributed by atoms with Crippen LogP contribution in [-0.4, -0.2) is 23.5 Å². The van der Waals surface area contributed by atoms with Crippen LogP contribution in [0.5, 0.6) is 0 Å². The molecule has 0 aromatic rings. The van der Waals surface area contributed by atoms with Crippen LogP contribution >= 0.6 is 0 Å². The molecule has 9 heavy (non-hydrogen) atoms. The van der Waals surface area contributed by atoms with E-state index in [0.29, 0.717) is 0 Å². The number of carbonyl (C=O) groups is 1. The molecule has 0 aromatic heterocycles. The maximum Gasteiger partial charge on any atom is 0.381 e. The van der Waals surface area contributed by atoms with Gasteiger partial charge in [0, 0.05) is 4.92 Å². The van der Waals surface area contributed by atoms with E-state index in [1.54, 1.807) is 0 Å². The Bertz CT molecular complexity index is 155. The normalized spacial score (nSPS) is 25.8. The van der Waals surface area contributed by atoms with Gasteiger partial charge in [-0.1, -0.05) is 0 Å². The van der Waals surface area contributed by atoms with Crippen molar-refractivity contribution in [2.75, 3.05) is 6.61 Å². The van der Waals surface area contributed by atoms with Crippen LogP contribution in [0, 0.1) is 10.1 Å². The van der Waals surface area contributed by atoms with E-state index in [2.05, 4.69) is 4.74 Å². The lowest BCUT2D eigenvalue weighted by Crippen LogP contribution is -2.23. The quantitative estimate of drug-likeness (QED) is 0.275. The largest absolute Gasteiger partial charge is 0.460 e. The Morgan fingerprint density at radius 2 is 2.44 bits per heavy atom. The van der Waals surface area contributed by atoms with Crippen LogP contribution in [0.3, 0.4) is 0 Å². The predicted octanol–water partition coefficient (Wildman–Crippen LogP) is -0.421. The smallest absolute Gasteiger partial charge is 0.381 e. The second-order valence-electron chi connectivity index (χ2n) is 1.76. The Balaban J connectivity index is 2.60. The van der Waals surface area contributed by atoms with Gasteiger partial charge in [-0.3, -0.25) is 10.1 Å². The van der Waals surface area contributed by atoms with Gasteiger partial charge in [0.15, 0.2) is 0 Å². The van der Waals surface area contributed by atoms with E-state index < -0.39 is 16.9 Å². The zero-order valence-electron chi connectivity index (χ0n) is 4.57. The van der Waals surface area contributed by atoms with Gasteiger partial charge in [-0.05, 0) is 0 Å². The number of hydrogen-bond donors (Lipinski definition) is 0. The fraction of sp³-hybridized carbons (Fsp3) is 0.750.